The molecule has 0 spiro atoms. The van der Waals surface area contributed by atoms with Gasteiger partial charge in [0, 0.05) is 17.7 Å². The van der Waals surface area contributed by atoms with Gasteiger partial charge in [-0.3, -0.25) is 15.1 Å². The number of nitro benzene ring substituents is 1. The van der Waals surface area contributed by atoms with Crippen LogP contribution in [0.3, 0.4) is 0 Å². The van der Waals surface area contributed by atoms with Gasteiger partial charge in [-0.1, -0.05) is 0 Å². The molecule has 1 aliphatic rings. The van der Waals surface area contributed by atoms with E-state index in [0.29, 0.717) is 0 Å². The summed E-state index contributed by atoms with van der Waals surface area (Å²) >= 11 is 0. The molecule has 1 aromatic carbocycles. The first-order valence-electron chi connectivity index (χ1n) is 5.91. The number of hydrogen-bond donors (Lipinski definition) is 1. The van der Waals surface area contributed by atoms with Crippen LogP contribution < -0.4 is 5.73 Å². The van der Waals surface area contributed by atoms with Gasteiger partial charge in [0.1, 0.15) is 24.9 Å². The quantitative estimate of drug-likeness (QED) is 0.668. The number of aliphatic imine (C=N–C) groups is 1. The summed E-state index contributed by atoms with van der Waals surface area (Å²) in [6.45, 7) is -0.367. The molecule has 2 rings (SSSR count). The summed E-state index contributed by atoms with van der Waals surface area (Å²) in [5.41, 5.74) is 1.95. The highest BCUT2D eigenvalue weighted by Crippen LogP contribution is 2.44. The number of non-ortho nitro benzene ring substituents is 1. The molecule has 0 fully saturated rings. The molecule has 1 aromatic rings. The van der Waals surface area contributed by atoms with E-state index in [1.54, 1.807) is 0 Å². The smallest absolute Gasteiger partial charge is 0.299 e. The third-order valence-corrected chi connectivity index (χ3v) is 3.30. The highest BCUT2D eigenvalue weighted by molar-refractivity contribution is 5.82. The van der Waals surface area contributed by atoms with Gasteiger partial charge in [-0.05, 0) is 13.0 Å². The lowest BCUT2D eigenvalue weighted by atomic mass is 9.85. The van der Waals surface area contributed by atoms with Gasteiger partial charge in [-0.25, -0.2) is 13.2 Å². The lowest BCUT2D eigenvalue weighted by molar-refractivity contribution is -0.385. The van der Waals surface area contributed by atoms with Crippen molar-refractivity contribution >= 4 is 11.5 Å². The van der Waals surface area contributed by atoms with Crippen molar-refractivity contribution in [3.63, 3.8) is 0 Å². The fraction of sp³-hybridized carbons (Fsp3) is 0.417. The topological polar surface area (TPSA) is 90.8 Å². The molecule has 0 radical (unpaired) electrons. The largest absolute Gasteiger partial charge is 0.385 e. The predicted octanol–water partition coefficient (Wildman–Crippen LogP) is 1.97. The molecule has 0 aromatic heterocycles. The molecule has 0 amide bonds. The second-order valence-electron chi connectivity index (χ2n) is 4.79. The lowest BCUT2D eigenvalue weighted by Gasteiger charge is -2.32. The maximum absolute atomic E-state index is 14.3. The zero-order valence-corrected chi connectivity index (χ0v) is 11.0. The van der Waals surface area contributed by atoms with Crippen molar-refractivity contribution in [2.75, 3.05) is 13.2 Å². The molecule has 0 bridgehead atoms. The average Bonchev–Trinajstić information content (AvgIpc) is 2.47. The van der Waals surface area contributed by atoms with Gasteiger partial charge >= 0.3 is 0 Å². The molecule has 6 nitrogen and oxygen atoms in total. The predicted molar refractivity (Wildman–Crippen MR) is 67.8 cm³/mol. The van der Waals surface area contributed by atoms with E-state index in [2.05, 4.69) is 4.99 Å². The summed E-state index contributed by atoms with van der Waals surface area (Å²) in [6.07, 6.45) is 0. The maximum atomic E-state index is 14.3. The molecule has 0 aliphatic carbocycles. The van der Waals surface area contributed by atoms with E-state index in [-0.39, 0.29) is 12.4 Å². The molecule has 1 unspecified atom stereocenters. The van der Waals surface area contributed by atoms with Crippen LogP contribution in [0.25, 0.3) is 0 Å². The molecular weight excluding hydrogens is 291 g/mol. The summed E-state index contributed by atoms with van der Waals surface area (Å²) < 4.78 is 47.2. The Labute approximate surface area is 117 Å². The number of hydrogen-bond acceptors (Lipinski definition) is 5. The zero-order chi connectivity index (χ0) is 15.8. The maximum Gasteiger partial charge on any atom is 0.299 e. The molecule has 1 heterocycles. The van der Waals surface area contributed by atoms with E-state index in [0.717, 1.165) is 25.1 Å². The number of nitrogens with two attached hydrogens (primary N) is 1. The number of ether oxygens (including phenoxy) is 1. The Bertz CT molecular complexity index is 621. The highest BCUT2D eigenvalue weighted by atomic mass is 19.3. The van der Waals surface area contributed by atoms with Crippen molar-refractivity contribution in [2.24, 2.45) is 10.7 Å². The molecule has 1 atom stereocenters. The number of halogens is 3. The van der Waals surface area contributed by atoms with Crippen molar-refractivity contribution in [1.29, 1.82) is 0 Å². The van der Waals surface area contributed by atoms with Gasteiger partial charge in [0.2, 0.25) is 0 Å². The van der Waals surface area contributed by atoms with Crippen LogP contribution in [0.2, 0.25) is 0 Å². The minimum absolute atomic E-state index is 0.236. The third kappa shape index (κ3) is 2.56. The standard InChI is InChI=1S/C12H12F3N3O3/c1-11(12(14,15)6-21-5-10(16)17-11)8-4-7(18(19)20)2-3-9(8)13/h2-4H,5-6H2,1H3,(H2,16,17). The molecular formula is C12H12F3N3O3. The van der Waals surface area contributed by atoms with E-state index in [9.17, 15) is 23.3 Å². The Morgan fingerprint density at radius 3 is 2.76 bits per heavy atom. The van der Waals surface area contributed by atoms with E-state index in [4.69, 9.17) is 10.5 Å². The van der Waals surface area contributed by atoms with Gasteiger partial charge in [0.25, 0.3) is 11.6 Å². The van der Waals surface area contributed by atoms with Gasteiger partial charge in [0.15, 0.2) is 5.54 Å². The summed E-state index contributed by atoms with van der Waals surface area (Å²) in [6, 6.07) is 2.39. The second-order valence-corrected chi connectivity index (χ2v) is 4.79. The van der Waals surface area contributed by atoms with E-state index < -0.39 is 40.1 Å². The van der Waals surface area contributed by atoms with E-state index in [1.807, 2.05) is 0 Å². The Kier molecular flexibility index (Phi) is 3.62. The molecule has 114 valence electrons. The summed E-state index contributed by atoms with van der Waals surface area (Å²) in [5.74, 6) is -4.84. The van der Waals surface area contributed by atoms with Crippen molar-refractivity contribution < 1.29 is 22.8 Å². The van der Waals surface area contributed by atoms with Gasteiger partial charge in [-0.2, -0.15) is 0 Å². The van der Waals surface area contributed by atoms with Crippen LogP contribution in [0.5, 0.6) is 0 Å². The number of benzene rings is 1. The minimum atomic E-state index is -3.58. The Hall–Kier alpha value is -2.16. The van der Waals surface area contributed by atoms with Crippen molar-refractivity contribution in [3.8, 4) is 0 Å². The number of alkyl halides is 2. The number of rotatable bonds is 2. The van der Waals surface area contributed by atoms with Crippen LogP contribution in [0, 0.1) is 15.9 Å². The van der Waals surface area contributed by atoms with Crippen LogP contribution in [-0.4, -0.2) is 29.9 Å². The highest BCUT2D eigenvalue weighted by Gasteiger charge is 2.54. The molecule has 0 saturated carbocycles. The van der Waals surface area contributed by atoms with Gasteiger partial charge in [-0.15, -0.1) is 0 Å². The molecule has 0 saturated heterocycles. The fourth-order valence-electron chi connectivity index (χ4n) is 2.08. The molecule has 21 heavy (non-hydrogen) atoms. The van der Waals surface area contributed by atoms with Crippen molar-refractivity contribution in [1.82, 2.24) is 0 Å². The van der Waals surface area contributed by atoms with E-state index in [1.165, 1.54) is 0 Å². The van der Waals surface area contributed by atoms with Crippen LogP contribution in [-0.2, 0) is 10.3 Å². The molecule has 2 N–H and O–H groups in total. The van der Waals surface area contributed by atoms with Crippen molar-refractivity contribution in [3.05, 3.63) is 39.7 Å². The summed E-state index contributed by atoms with van der Waals surface area (Å²) in [7, 11) is 0. The Morgan fingerprint density at radius 2 is 2.14 bits per heavy atom. The fourth-order valence-corrected chi connectivity index (χ4v) is 2.08. The summed E-state index contributed by atoms with van der Waals surface area (Å²) in [4.78, 5) is 13.6. The Morgan fingerprint density at radius 1 is 1.48 bits per heavy atom. The zero-order valence-electron chi connectivity index (χ0n) is 11.0. The first-order valence-corrected chi connectivity index (χ1v) is 5.91. The normalized spacial score (nSPS) is 25.0. The van der Waals surface area contributed by atoms with Crippen LogP contribution >= 0.6 is 0 Å². The SMILES string of the molecule is CC1(c2cc([N+](=O)[O-])ccc2F)N=C(N)COCC1(F)F. The monoisotopic (exact) mass is 303 g/mol. The first-order chi connectivity index (χ1) is 9.67. The third-order valence-electron chi connectivity index (χ3n) is 3.30. The average molecular weight is 303 g/mol. The van der Waals surface area contributed by atoms with E-state index >= 15 is 0 Å². The lowest BCUT2D eigenvalue weighted by Crippen LogP contribution is -2.45. The minimum Gasteiger partial charge on any atom is -0.385 e. The van der Waals surface area contributed by atoms with Gasteiger partial charge in [0.05, 0.1) is 4.92 Å². The van der Waals surface area contributed by atoms with Crippen LogP contribution in [0.4, 0.5) is 18.9 Å². The molecule has 9 heteroatoms. The summed E-state index contributed by atoms with van der Waals surface area (Å²) in [5, 5.41) is 10.8. The van der Waals surface area contributed by atoms with Crippen LogP contribution in [0.15, 0.2) is 23.2 Å². The van der Waals surface area contributed by atoms with Crippen molar-refractivity contribution in [2.45, 2.75) is 18.4 Å². The van der Waals surface area contributed by atoms with Crippen LogP contribution in [0.1, 0.15) is 12.5 Å². The first kappa shape index (κ1) is 15.2. The second kappa shape index (κ2) is 4.99. The number of amidine groups is 1. The number of nitro groups is 1. The number of nitrogens with zero attached hydrogens (tertiary/aromatic N) is 2. The Balaban J connectivity index is 2.68. The molecule has 1 aliphatic heterocycles. The van der Waals surface area contributed by atoms with Gasteiger partial charge < -0.3 is 10.5 Å².